The van der Waals surface area contributed by atoms with Gasteiger partial charge in [0.1, 0.15) is 0 Å². The molecule has 1 fully saturated rings. The lowest BCUT2D eigenvalue weighted by molar-refractivity contribution is -0.152. The number of aryl methyl sites for hydroxylation is 1. The molecule has 0 aromatic heterocycles. The molecule has 0 spiro atoms. The van der Waals surface area contributed by atoms with Gasteiger partial charge in [-0.15, -0.1) is 11.8 Å². The van der Waals surface area contributed by atoms with Crippen molar-refractivity contribution in [3.05, 3.63) is 29.8 Å². The van der Waals surface area contributed by atoms with Gasteiger partial charge in [-0.25, -0.2) is 8.42 Å². The molecule has 2 rings (SSSR count). The number of ether oxygens (including phenoxy) is 1. The molecule has 6 nitrogen and oxygen atoms in total. The van der Waals surface area contributed by atoms with Crippen LogP contribution in [0, 0.1) is 6.92 Å². The van der Waals surface area contributed by atoms with Gasteiger partial charge in [0.05, 0.1) is 17.3 Å². The molecule has 0 saturated carbocycles. The minimum atomic E-state index is -3.06. The van der Waals surface area contributed by atoms with E-state index in [4.69, 9.17) is 4.74 Å². The predicted molar refractivity (Wildman–Crippen MR) is 92.7 cm³/mol. The Morgan fingerprint density at radius 1 is 1.38 bits per heavy atom. The maximum absolute atomic E-state index is 12.0. The largest absolute Gasteiger partial charge is 0.452 e. The zero-order valence-electron chi connectivity index (χ0n) is 13.7. The first-order valence-corrected chi connectivity index (χ1v) is 10.5. The second kappa shape index (κ2) is 8.02. The molecular weight excluding hydrogens is 350 g/mol. The van der Waals surface area contributed by atoms with Crippen LogP contribution in [-0.4, -0.2) is 49.7 Å². The number of thioether (sulfide) groups is 1. The van der Waals surface area contributed by atoms with Crippen LogP contribution in [-0.2, 0) is 24.2 Å². The van der Waals surface area contributed by atoms with Crippen molar-refractivity contribution >= 4 is 33.5 Å². The van der Waals surface area contributed by atoms with Crippen molar-refractivity contribution in [1.82, 2.24) is 5.32 Å². The van der Waals surface area contributed by atoms with Crippen LogP contribution in [0.5, 0.6) is 0 Å². The Morgan fingerprint density at radius 2 is 2.08 bits per heavy atom. The van der Waals surface area contributed by atoms with Crippen molar-refractivity contribution < 1.29 is 22.7 Å². The molecule has 8 heteroatoms. The van der Waals surface area contributed by atoms with E-state index in [2.05, 4.69) is 5.32 Å². The summed E-state index contributed by atoms with van der Waals surface area (Å²) in [6, 6.07) is 7.30. The van der Waals surface area contributed by atoms with Gasteiger partial charge in [-0.3, -0.25) is 9.59 Å². The molecule has 2 atom stereocenters. The molecule has 1 aliphatic heterocycles. The van der Waals surface area contributed by atoms with Crippen LogP contribution in [0.25, 0.3) is 0 Å². The third-order valence-electron chi connectivity index (χ3n) is 3.70. The average molecular weight is 371 g/mol. The van der Waals surface area contributed by atoms with Gasteiger partial charge in [0.25, 0.3) is 5.91 Å². The summed E-state index contributed by atoms with van der Waals surface area (Å²) in [4.78, 5) is 24.8. The monoisotopic (exact) mass is 371 g/mol. The van der Waals surface area contributed by atoms with Crippen LogP contribution in [0.2, 0.25) is 0 Å². The van der Waals surface area contributed by atoms with Crippen molar-refractivity contribution in [1.29, 1.82) is 0 Å². The number of esters is 1. The lowest BCUT2D eigenvalue weighted by Crippen LogP contribution is -2.42. The summed E-state index contributed by atoms with van der Waals surface area (Å²) in [5.41, 5.74) is 1.07. The molecule has 24 heavy (non-hydrogen) atoms. The Labute approximate surface area is 146 Å². The second-order valence-electron chi connectivity index (χ2n) is 5.79. The topological polar surface area (TPSA) is 89.5 Å². The third-order valence-corrected chi connectivity index (χ3v) is 6.61. The Kier molecular flexibility index (Phi) is 6.28. The van der Waals surface area contributed by atoms with E-state index in [-0.39, 0.29) is 17.3 Å². The van der Waals surface area contributed by atoms with E-state index in [1.807, 2.05) is 31.2 Å². The molecule has 1 heterocycles. The summed E-state index contributed by atoms with van der Waals surface area (Å²) >= 11 is 1.36. The predicted octanol–water partition coefficient (Wildman–Crippen LogP) is 1.32. The molecule has 0 unspecified atom stereocenters. The summed E-state index contributed by atoms with van der Waals surface area (Å²) < 4.78 is 27.9. The first-order valence-electron chi connectivity index (χ1n) is 7.65. The Balaban J connectivity index is 1.76. The molecular formula is C16H21NO5S2. The van der Waals surface area contributed by atoms with Crippen LogP contribution in [0.1, 0.15) is 18.9 Å². The first-order chi connectivity index (χ1) is 11.3. The Morgan fingerprint density at radius 3 is 2.71 bits per heavy atom. The molecule has 0 aliphatic carbocycles. The second-order valence-corrected chi connectivity index (χ2v) is 9.04. The molecule has 1 aromatic rings. The van der Waals surface area contributed by atoms with Crippen LogP contribution in [0.4, 0.5) is 0 Å². The van der Waals surface area contributed by atoms with Crippen LogP contribution >= 0.6 is 11.8 Å². The number of carbonyl (C=O) groups is 2. The highest BCUT2D eigenvalue weighted by molar-refractivity contribution is 8.00. The van der Waals surface area contributed by atoms with Gasteiger partial charge >= 0.3 is 5.97 Å². The normalized spacial score (nSPS) is 20.3. The number of nitrogens with one attached hydrogen (secondary N) is 1. The highest BCUT2D eigenvalue weighted by Gasteiger charge is 2.30. The van der Waals surface area contributed by atoms with Crippen LogP contribution in [0.15, 0.2) is 29.2 Å². The van der Waals surface area contributed by atoms with Gasteiger partial charge < -0.3 is 10.1 Å². The maximum Gasteiger partial charge on any atom is 0.317 e. The minimum Gasteiger partial charge on any atom is -0.452 e. The zero-order chi connectivity index (χ0) is 17.7. The number of hydrogen-bond donors (Lipinski definition) is 1. The molecule has 0 bridgehead atoms. The molecule has 0 radical (unpaired) electrons. The molecule has 1 amide bonds. The summed E-state index contributed by atoms with van der Waals surface area (Å²) in [6.07, 6.45) is -0.545. The Hall–Kier alpha value is -1.54. The standard InChI is InChI=1S/C16H21NO5S2/c1-11-5-3-4-6-14(11)23-9-15(18)22-12(2)16(19)17-13-7-8-24(20,21)10-13/h3-6,12-13H,7-10H2,1-2H3,(H,17,19)/t12-,13+/m0/s1. The highest BCUT2D eigenvalue weighted by Crippen LogP contribution is 2.21. The van der Waals surface area contributed by atoms with Gasteiger partial charge in [-0.05, 0) is 31.9 Å². The number of rotatable bonds is 6. The fourth-order valence-corrected chi connectivity index (χ4v) is 4.85. The Bertz CT molecular complexity index is 717. The SMILES string of the molecule is Cc1ccccc1SCC(=O)O[C@@H](C)C(=O)N[C@@H]1CCS(=O)(=O)C1. The maximum atomic E-state index is 12.0. The number of hydrogen-bond acceptors (Lipinski definition) is 6. The number of sulfone groups is 1. The molecule has 1 aromatic carbocycles. The fourth-order valence-electron chi connectivity index (χ4n) is 2.37. The average Bonchev–Trinajstić information content (AvgIpc) is 2.85. The van der Waals surface area contributed by atoms with Gasteiger partial charge in [0.2, 0.25) is 0 Å². The number of amides is 1. The van der Waals surface area contributed by atoms with Gasteiger partial charge in [0, 0.05) is 10.9 Å². The first kappa shape index (κ1) is 18.8. The van der Waals surface area contributed by atoms with Crippen molar-refractivity contribution in [2.45, 2.75) is 37.3 Å². The summed E-state index contributed by atoms with van der Waals surface area (Å²) in [5, 5.41) is 2.62. The summed E-state index contributed by atoms with van der Waals surface area (Å²) in [6.45, 7) is 3.44. The molecule has 1 N–H and O–H groups in total. The van der Waals surface area contributed by atoms with E-state index in [0.29, 0.717) is 6.42 Å². The van der Waals surface area contributed by atoms with Crippen LogP contribution in [0.3, 0.4) is 0 Å². The van der Waals surface area contributed by atoms with E-state index < -0.39 is 33.9 Å². The molecule has 1 saturated heterocycles. The summed E-state index contributed by atoms with van der Waals surface area (Å²) in [5.74, 6) is -0.807. The quantitative estimate of drug-likeness (QED) is 0.599. The van der Waals surface area contributed by atoms with Crippen molar-refractivity contribution in [3.8, 4) is 0 Å². The summed E-state index contributed by atoms with van der Waals surface area (Å²) in [7, 11) is -3.06. The van der Waals surface area contributed by atoms with E-state index in [9.17, 15) is 18.0 Å². The third kappa shape index (κ3) is 5.52. The van der Waals surface area contributed by atoms with Gasteiger partial charge in [-0.2, -0.15) is 0 Å². The number of benzene rings is 1. The highest BCUT2D eigenvalue weighted by atomic mass is 32.2. The van der Waals surface area contributed by atoms with Crippen molar-refractivity contribution in [2.75, 3.05) is 17.3 Å². The van der Waals surface area contributed by atoms with Crippen LogP contribution < -0.4 is 5.32 Å². The van der Waals surface area contributed by atoms with E-state index in [1.165, 1.54) is 18.7 Å². The molecule has 132 valence electrons. The lowest BCUT2D eigenvalue weighted by Gasteiger charge is -2.16. The van der Waals surface area contributed by atoms with E-state index >= 15 is 0 Å². The minimum absolute atomic E-state index is 0.0530. The van der Waals surface area contributed by atoms with Gasteiger partial charge in [0.15, 0.2) is 15.9 Å². The number of carbonyl (C=O) groups excluding carboxylic acids is 2. The smallest absolute Gasteiger partial charge is 0.317 e. The van der Waals surface area contributed by atoms with Crippen molar-refractivity contribution in [3.63, 3.8) is 0 Å². The van der Waals surface area contributed by atoms with Crippen molar-refractivity contribution in [2.24, 2.45) is 0 Å². The van der Waals surface area contributed by atoms with E-state index in [0.717, 1.165) is 10.5 Å². The lowest BCUT2D eigenvalue weighted by atomic mass is 10.2. The fraction of sp³-hybridized carbons (Fsp3) is 0.500. The molecule has 1 aliphatic rings. The van der Waals surface area contributed by atoms with E-state index in [1.54, 1.807) is 0 Å². The van der Waals surface area contributed by atoms with Gasteiger partial charge in [-0.1, -0.05) is 18.2 Å². The zero-order valence-corrected chi connectivity index (χ0v) is 15.3.